The van der Waals surface area contributed by atoms with Crippen LogP contribution in [-0.4, -0.2) is 99.7 Å². The van der Waals surface area contributed by atoms with Gasteiger partial charge in [0.25, 0.3) is 53.7 Å². The molecule has 0 aliphatic heterocycles. The molecule has 0 aromatic carbocycles. The highest BCUT2D eigenvalue weighted by atomic mass is 16.4. The van der Waals surface area contributed by atoms with Crippen LogP contribution in [0.2, 0.25) is 0 Å². The lowest BCUT2D eigenvalue weighted by Crippen LogP contribution is -1.78. The fraction of sp³-hybridized carbons (Fsp3) is 0.654. The summed E-state index contributed by atoms with van der Waals surface area (Å²) in [6.45, 7) is 14.3. The Labute approximate surface area is 258 Å². The zero-order chi connectivity index (χ0) is 38.4. The van der Waals surface area contributed by atoms with Gasteiger partial charge in [-0.1, -0.05) is 52.4 Å². The maximum absolute atomic E-state index is 9.00. The van der Waals surface area contributed by atoms with Crippen molar-refractivity contribution in [2.24, 2.45) is 0 Å². The van der Waals surface area contributed by atoms with Crippen LogP contribution >= 0.6 is 0 Å². The fourth-order valence-corrected chi connectivity index (χ4v) is 0.854. The Bertz CT molecular complexity index is 503. The summed E-state index contributed by atoms with van der Waals surface area (Å²) in [5.41, 5.74) is 0. The predicted octanol–water partition coefficient (Wildman–Crippen LogP) is 4.18. The molecule has 0 amide bonds. The Kier molecular flexibility index (Phi) is 101. The van der Waals surface area contributed by atoms with E-state index in [1.807, 2.05) is 0 Å². The molecule has 0 aliphatic rings. The maximum atomic E-state index is 9.00. The van der Waals surface area contributed by atoms with E-state index in [-0.39, 0.29) is 0 Å². The number of carboxylic acids is 9. The molecule has 266 valence electrons. The summed E-state index contributed by atoms with van der Waals surface area (Å²) in [5.74, 6) is -7.50. The van der Waals surface area contributed by atoms with E-state index in [0.29, 0.717) is 0 Å². The molecule has 0 fully saturated rings. The molecule has 0 aromatic rings. The molecule has 0 heterocycles. The molecule has 0 aromatic heterocycles. The van der Waals surface area contributed by atoms with Crippen molar-refractivity contribution < 1.29 is 89.1 Å². The molecule has 0 saturated carbocycles. The molecular weight excluding hydrogens is 600 g/mol. The van der Waals surface area contributed by atoms with E-state index in [1.54, 1.807) is 0 Å². The van der Waals surface area contributed by atoms with E-state index in [4.69, 9.17) is 89.1 Å². The normalized spacial score (nSPS) is 6.89. The van der Waals surface area contributed by atoms with E-state index in [2.05, 4.69) is 13.8 Å². The molecule has 0 atom stereocenters. The molecule has 0 bridgehead atoms. The van der Waals surface area contributed by atoms with Gasteiger partial charge in [-0.25, -0.2) is 0 Å². The van der Waals surface area contributed by atoms with Crippen molar-refractivity contribution in [3.63, 3.8) is 0 Å². The lowest BCUT2D eigenvalue weighted by Gasteiger charge is -1.93. The van der Waals surface area contributed by atoms with Crippen LogP contribution in [0.3, 0.4) is 0 Å². The second kappa shape index (κ2) is 66.5. The Hall–Kier alpha value is -4.77. The first-order chi connectivity index (χ1) is 19.5. The molecule has 18 nitrogen and oxygen atoms in total. The highest BCUT2D eigenvalue weighted by Gasteiger charge is 1.83. The number of carboxylic acid groups (broad SMARTS) is 9. The number of hydrogen-bond acceptors (Lipinski definition) is 9. The zero-order valence-corrected chi connectivity index (χ0v) is 27.4. The number of hydrogen-bond donors (Lipinski definition) is 9. The molecule has 0 unspecified atom stereocenters. The van der Waals surface area contributed by atoms with Crippen LogP contribution < -0.4 is 0 Å². The first-order valence-electron chi connectivity index (χ1n) is 12.3. The average Bonchev–Trinajstić information content (AvgIpc) is 2.67. The molecule has 0 rings (SSSR count). The molecule has 9 N–H and O–H groups in total. The summed E-state index contributed by atoms with van der Waals surface area (Å²) in [5, 5.41) is 66.7. The maximum Gasteiger partial charge on any atom is 0.300 e. The van der Waals surface area contributed by atoms with Crippen LogP contribution in [-0.2, 0) is 43.2 Å². The van der Waals surface area contributed by atoms with Gasteiger partial charge >= 0.3 is 0 Å². The number of aliphatic carboxylic acids is 9. The third kappa shape index (κ3) is 924000. The van der Waals surface area contributed by atoms with Gasteiger partial charge in [0.1, 0.15) is 0 Å². The highest BCUT2D eigenvalue weighted by Crippen LogP contribution is 2.03. The highest BCUT2D eigenvalue weighted by molar-refractivity contribution is 5.64. The Morgan fingerprint density at radius 3 is 0.386 bits per heavy atom. The minimum absolute atomic E-state index is 0.833. The van der Waals surface area contributed by atoms with Crippen molar-refractivity contribution in [2.45, 2.75) is 115 Å². The molecule has 44 heavy (non-hydrogen) atoms. The van der Waals surface area contributed by atoms with Crippen molar-refractivity contribution in [3.05, 3.63) is 0 Å². The van der Waals surface area contributed by atoms with Gasteiger partial charge in [-0.2, -0.15) is 0 Å². The predicted molar refractivity (Wildman–Crippen MR) is 159 cm³/mol. The zero-order valence-electron chi connectivity index (χ0n) is 27.4. The summed E-state index contributed by atoms with van der Waals surface area (Å²) in [4.78, 5) is 81.0. The average molecular weight is 655 g/mol. The third-order valence-electron chi connectivity index (χ3n) is 1.46. The summed E-state index contributed by atoms with van der Waals surface area (Å²) in [6, 6.07) is 0. The first-order valence-corrected chi connectivity index (χ1v) is 12.3. The van der Waals surface area contributed by atoms with Gasteiger partial charge in [0.2, 0.25) is 0 Å². The third-order valence-corrected chi connectivity index (χ3v) is 1.46. The van der Waals surface area contributed by atoms with E-state index in [0.717, 1.165) is 62.3 Å². The second-order valence-corrected chi connectivity index (χ2v) is 7.09. The summed E-state index contributed by atoms with van der Waals surface area (Å²) in [7, 11) is 0. The van der Waals surface area contributed by atoms with Crippen molar-refractivity contribution in [1.82, 2.24) is 0 Å². The van der Waals surface area contributed by atoms with Gasteiger partial charge in [0.05, 0.1) is 0 Å². The minimum Gasteiger partial charge on any atom is -0.481 e. The topological polar surface area (TPSA) is 336 Å². The smallest absolute Gasteiger partial charge is 0.300 e. The SMILES string of the molecule is CC(=O)O.CC(=O)O.CC(=O)O.CC(=O)O.CC(=O)O.CC(=O)O.CC(=O)O.CC(=O)O.CC(=O)O.CCCCCCCC. The standard InChI is InChI=1S/C8H18.9C2H4O2/c1-3-5-7-8-6-4-2;9*1-2(3)4/h3-8H2,1-2H3;9*1H3,(H,3,4). The number of carbonyl (C=O) groups is 9. The summed E-state index contributed by atoms with van der Waals surface area (Å²) in [6.07, 6.45) is 8.49. The molecular formula is C26H54O18. The monoisotopic (exact) mass is 654 g/mol. The van der Waals surface area contributed by atoms with Gasteiger partial charge in [0.15, 0.2) is 0 Å². The molecule has 0 aliphatic carbocycles. The largest absolute Gasteiger partial charge is 0.481 e. The lowest BCUT2D eigenvalue weighted by molar-refractivity contribution is -0.135. The molecule has 0 saturated heterocycles. The van der Waals surface area contributed by atoms with Crippen LogP contribution in [0.1, 0.15) is 115 Å². The van der Waals surface area contributed by atoms with Gasteiger partial charge in [-0.05, 0) is 0 Å². The van der Waals surface area contributed by atoms with Gasteiger partial charge in [-0.3, -0.25) is 43.2 Å². The molecule has 0 radical (unpaired) electrons. The van der Waals surface area contributed by atoms with Gasteiger partial charge in [-0.15, -0.1) is 0 Å². The van der Waals surface area contributed by atoms with Gasteiger partial charge < -0.3 is 46.0 Å². The molecule has 0 spiro atoms. The summed E-state index contributed by atoms with van der Waals surface area (Å²) >= 11 is 0. The van der Waals surface area contributed by atoms with Crippen LogP contribution in [0, 0.1) is 0 Å². The van der Waals surface area contributed by atoms with E-state index in [9.17, 15) is 0 Å². The van der Waals surface area contributed by atoms with Crippen molar-refractivity contribution in [3.8, 4) is 0 Å². The first kappa shape index (κ1) is 67.1. The Balaban J connectivity index is -0.0000000370. The van der Waals surface area contributed by atoms with E-state index >= 15 is 0 Å². The second-order valence-electron chi connectivity index (χ2n) is 7.09. The van der Waals surface area contributed by atoms with Crippen LogP contribution in [0.4, 0.5) is 0 Å². The van der Waals surface area contributed by atoms with E-state index in [1.165, 1.54) is 38.5 Å². The van der Waals surface area contributed by atoms with Gasteiger partial charge in [0, 0.05) is 62.3 Å². The fourth-order valence-electron chi connectivity index (χ4n) is 0.854. The quantitative estimate of drug-likeness (QED) is 0.187. The van der Waals surface area contributed by atoms with Crippen molar-refractivity contribution in [1.29, 1.82) is 0 Å². The van der Waals surface area contributed by atoms with Crippen molar-refractivity contribution in [2.75, 3.05) is 0 Å². The Morgan fingerprint density at radius 1 is 0.273 bits per heavy atom. The van der Waals surface area contributed by atoms with Crippen LogP contribution in [0.15, 0.2) is 0 Å². The number of unbranched alkanes of at least 4 members (excludes halogenated alkanes) is 5. The van der Waals surface area contributed by atoms with Crippen LogP contribution in [0.5, 0.6) is 0 Å². The Morgan fingerprint density at radius 2 is 0.341 bits per heavy atom. The lowest BCUT2D eigenvalue weighted by atomic mass is 10.1. The summed E-state index contributed by atoms with van der Waals surface area (Å²) < 4.78 is 0. The van der Waals surface area contributed by atoms with E-state index < -0.39 is 53.7 Å². The van der Waals surface area contributed by atoms with Crippen molar-refractivity contribution >= 4 is 53.7 Å². The molecule has 18 heteroatoms. The number of rotatable bonds is 5. The minimum atomic E-state index is -0.833. The van der Waals surface area contributed by atoms with Crippen LogP contribution in [0.25, 0.3) is 0 Å².